The minimum Gasteiger partial charge on any atom is -0.328 e. The van der Waals surface area contributed by atoms with Crippen molar-refractivity contribution in [3.63, 3.8) is 0 Å². The number of nitrogens with one attached hydrogen (secondary N) is 1. The molecule has 26 heavy (non-hydrogen) atoms. The predicted octanol–water partition coefficient (Wildman–Crippen LogP) is 3.54. The van der Waals surface area contributed by atoms with Crippen molar-refractivity contribution in [2.24, 2.45) is 0 Å². The second kappa shape index (κ2) is 8.97. The second-order valence-corrected chi connectivity index (χ2v) is 6.34. The van der Waals surface area contributed by atoms with E-state index in [2.05, 4.69) is 54.0 Å². The number of benzene rings is 3. The van der Waals surface area contributed by atoms with Crippen molar-refractivity contribution in [2.75, 3.05) is 11.9 Å². The minimum absolute atomic E-state index is 0.00566. The molecule has 0 aromatic heterocycles. The molecular weight excluding hydrogens is 320 g/mol. The number of rotatable bonds is 7. The zero-order valence-corrected chi connectivity index (χ0v) is 15.1. The summed E-state index contributed by atoms with van der Waals surface area (Å²) in [5.74, 6) is 0.00566. The van der Waals surface area contributed by atoms with E-state index in [0.29, 0.717) is 6.54 Å². The number of carbonyl (C=O) groups excluding carboxylic acids is 1. The topological polar surface area (TPSA) is 45.7 Å². The van der Waals surface area contributed by atoms with E-state index in [1.165, 1.54) is 16.7 Å². The van der Waals surface area contributed by atoms with Gasteiger partial charge in [-0.25, -0.2) is 0 Å². The maximum absolute atomic E-state index is 12.4. The molecule has 0 aliphatic carbocycles. The Hall–Kier alpha value is -2.91. The van der Waals surface area contributed by atoms with Crippen LogP contribution in [0.4, 0.5) is 5.69 Å². The smallest absolute Gasteiger partial charge is 0.279 e. The second-order valence-electron chi connectivity index (χ2n) is 6.34. The lowest BCUT2D eigenvalue weighted by Gasteiger charge is -2.16. The Morgan fingerprint density at radius 2 is 1.38 bits per heavy atom. The first-order chi connectivity index (χ1) is 12.8. The molecule has 3 rings (SSSR count). The zero-order chi connectivity index (χ0) is 18.2. The lowest BCUT2D eigenvalue weighted by Crippen LogP contribution is -2.87. The molecule has 0 aliphatic heterocycles. The van der Waals surface area contributed by atoms with Crippen LogP contribution in [0.2, 0.25) is 0 Å². The lowest BCUT2D eigenvalue weighted by atomic mass is 9.99. The van der Waals surface area contributed by atoms with Gasteiger partial charge in [-0.15, -0.1) is 0 Å². The minimum atomic E-state index is 0.00566. The average molecular weight is 345 g/mol. The van der Waals surface area contributed by atoms with Crippen LogP contribution in [0.25, 0.3) is 0 Å². The summed E-state index contributed by atoms with van der Waals surface area (Å²) < 4.78 is 0. The van der Waals surface area contributed by atoms with E-state index in [1.54, 1.807) is 0 Å². The first kappa shape index (κ1) is 17.9. The van der Waals surface area contributed by atoms with Crippen LogP contribution in [-0.4, -0.2) is 12.5 Å². The maximum atomic E-state index is 12.4. The van der Waals surface area contributed by atoms with Crippen LogP contribution in [0.5, 0.6) is 0 Å². The number of anilines is 1. The van der Waals surface area contributed by atoms with Gasteiger partial charge < -0.3 is 10.6 Å². The highest BCUT2D eigenvalue weighted by molar-refractivity contribution is 5.91. The highest BCUT2D eigenvalue weighted by atomic mass is 16.1. The fourth-order valence-corrected chi connectivity index (χ4v) is 3.05. The molecule has 0 saturated carbocycles. The van der Waals surface area contributed by atoms with Gasteiger partial charge in [0.1, 0.15) is 6.04 Å². The van der Waals surface area contributed by atoms with Crippen molar-refractivity contribution < 1.29 is 10.1 Å². The molecule has 3 N–H and O–H groups in total. The number of hydrogen-bond acceptors (Lipinski definition) is 1. The molecule has 0 radical (unpaired) electrons. The lowest BCUT2D eigenvalue weighted by molar-refractivity contribution is -0.676. The quantitative estimate of drug-likeness (QED) is 0.676. The van der Waals surface area contributed by atoms with Crippen molar-refractivity contribution >= 4 is 11.6 Å². The standard InChI is InChI=1S/C23H24N2O/c1-2-18-13-15-21(16-14-18)25-22(26)17-24-23(19-9-5-3-6-10-19)20-11-7-4-8-12-20/h3-16,23-24H,2,17H2,1H3,(H,25,26)/p+1. The van der Waals surface area contributed by atoms with Crippen molar-refractivity contribution in [1.82, 2.24) is 0 Å². The maximum Gasteiger partial charge on any atom is 0.279 e. The first-order valence-corrected chi connectivity index (χ1v) is 9.08. The van der Waals surface area contributed by atoms with Crippen LogP contribution < -0.4 is 10.6 Å². The molecule has 1 amide bonds. The highest BCUT2D eigenvalue weighted by Gasteiger charge is 2.18. The highest BCUT2D eigenvalue weighted by Crippen LogP contribution is 2.17. The van der Waals surface area contributed by atoms with Crippen LogP contribution in [0.3, 0.4) is 0 Å². The predicted molar refractivity (Wildman–Crippen MR) is 106 cm³/mol. The van der Waals surface area contributed by atoms with E-state index in [0.717, 1.165) is 12.1 Å². The van der Waals surface area contributed by atoms with Gasteiger partial charge in [0.05, 0.1) is 0 Å². The SMILES string of the molecule is CCc1ccc(NC(=O)C[NH2+]C(c2ccccc2)c2ccccc2)cc1. The third-order valence-electron chi connectivity index (χ3n) is 4.50. The van der Waals surface area contributed by atoms with Crippen LogP contribution in [0, 0.1) is 0 Å². The van der Waals surface area contributed by atoms with E-state index in [-0.39, 0.29) is 11.9 Å². The largest absolute Gasteiger partial charge is 0.328 e. The first-order valence-electron chi connectivity index (χ1n) is 9.08. The molecule has 0 aliphatic rings. The molecule has 0 atom stereocenters. The van der Waals surface area contributed by atoms with Crippen LogP contribution in [-0.2, 0) is 11.2 Å². The molecule has 132 valence electrons. The third kappa shape index (κ3) is 4.80. The van der Waals surface area contributed by atoms with Crippen LogP contribution in [0.1, 0.15) is 29.7 Å². The van der Waals surface area contributed by atoms with E-state index in [4.69, 9.17) is 0 Å². The molecule has 0 heterocycles. The van der Waals surface area contributed by atoms with Gasteiger partial charge in [0.15, 0.2) is 6.54 Å². The molecule has 0 bridgehead atoms. The molecular formula is C23H25N2O+. The van der Waals surface area contributed by atoms with Crippen LogP contribution >= 0.6 is 0 Å². The average Bonchev–Trinajstić information content (AvgIpc) is 2.70. The summed E-state index contributed by atoms with van der Waals surface area (Å²) in [5.41, 5.74) is 4.50. The summed E-state index contributed by atoms with van der Waals surface area (Å²) in [7, 11) is 0. The summed E-state index contributed by atoms with van der Waals surface area (Å²) in [5, 5.41) is 5.07. The zero-order valence-electron chi connectivity index (χ0n) is 15.1. The van der Waals surface area contributed by atoms with Gasteiger partial charge in [0.2, 0.25) is 0 Å². The summed E-state index contributed by atoms with van der Waals surface area (Å²) in [4.78, 5) is 12.4. The summed E-state index contributed by atoms with van der Waals surface area (Å²) in [6.45, 7) is 2.49. The number of amides is 1. The van der Waals surface area contributed by atoms with E-state index in [9.17, 15) is 4.79 Å². The summed E-state index contributed by atoms with van der Waals surface area (Å²) in [6, 6.07) is 28.7. The third-order valence-corrected chi connectivity index (χ3v) is 4.50. The Bertz CT molecular complexity index is 774. The van der Waals surface area contributed by atoms with Crippen molar-refractivity contribution in [3.05, 3.63) is 102 Å². The molecule has 3 heteroatoms. The monoisotopic (exact) mass is 345 g/mol. The van der Waals surface area contributed by atoms with Gasteiger partial charge in [-0.05, 0) is 24.1 Å². The number of aryl methyl sites for hydroxylation is 1. The van der Waals surface area contributed by atoms with Crippen LogP contribution in [0.15, 0.2) is 84.9 Å². The number of nitrogens with two attached hydrogens (primary N) is 1. The van der Waals surface area contributed by atoms with Gasteiger partial charge in [-0.3, -0.25) is 4.79 Å². The summed E-state index contributed by atoms with van der Waals surface area (Å²) >= 11 is 0. The molecule has 0 unspecified atom stereocenters. The Morgan fingerprint density at radius 1 is 0.846 bits per heavy atom. The van der Waals surface area contributed by atoms with E-state index >= 15 is 0 Å². The van der Waals surface area contributed by atoms with Gasteiger partial charge in [-0.2, -0.15) is 0 Å². The Kier molecular flexibility index (Phi) is 6.18. The number of hydrogen-bond donors (Lipinski definition) is 2. The Balaban J connectivity index is 1.66. The Morgan fingerprint density at radius 3 is 1.88 bits per heavy atom. The van der Waals surface area contributed by atoms with Gasteiger partial charge in [0, 0.05) is 16.8 Å². The molecule has 3 aromatic carbocycles. The Labute approximate surface area is 155 Å². The fraction of sp³-hybridized carbons (Fsp3) is 0.174. The van der Waals surface area contributed by atoms with E-state index < -0.39 is 0 Å². The normalized spacial score (nSPS) is 10.7. The van der Waals surface area contributed by atoms with Crippen molar-refractivity contribution in [1.29, 1.82) is 0 Å². The number of quaternary nitrogens is 1. The molecule has 3 nitrogen and oxygen atoms in total. The van der Waals surface area contributed by atoms with Crippen molar-refractivity contribution in [2.45, 2.75) is 19.4 Å². The van der Waals surface area contributed by atoms with Gasteiger partial charge in [0.25, 0.3) is 5.91 Å². The van der Waals surface area contributed by atoms with Gasteiger partial charge in [-0.1, -0.05) is 79.7 Å². The molecule has 0 fully saturated rings. The molecule has 3 aromatic rings. The fourth-order valence-electron chi connectivity index (χ4n) is 3.05. The summed E-state index contributed by atoms with van der Waals surface area (Å²) in [6.07, 6.45) is 0.998. The molecule has 0 spiro atoms. The number of carbonyl (C=O) groups is 1. The van der Waals surface area contributed by atoms with Gasteiger partial charge >= 0.3 is 0 Å². The van der Waals surface area contributed by atoms with E-state index in [1.807, 2.05) is 48.5 Å². The van der Waals surface area contributed by atoms with Crippen molar-refractivity contribution in [3.8, 4) is 0 Å². The molecule has 0 saturated heterocycles.